The molecule has 5 nitrogen and oxygen atoms in total. The van der Waals surface area contributed by atoms with Crippen molar-refractivity contribution in [2.24, 2.45) is 5.73 Å². The smallest absolute Gasteiger partial charge is 0.303 e. The number of rotatable bonds is 6. The number of carbonyl (C=O) groups excluding carboxylic acids is 1. The zero-order chi connectivity index (χ0) is 9.56. The van der Waals surface area contributed by atoms with Gasteiger partial charge in [0, 0.05) is 6.42 Å². The number of aliphatic carboxylic acids is 1. The van der Waals surface area contributed by atoms with Gasteiger partial charge in [-0.05, 0) is 12.8 Å². The zero-order valence-electron chi connectivity index (χ0n) is 6.69. The van der Waals surface area contributed by atoms with E-state index in [1.807, 2.05) is 0 Å². The van der Waals surface area contributed by atoms with E-state index in [0.29, 0.717) is 12.8 Å². The highest BCUT2D eigenvalue weighted by atomic mass is 16.4. The van der Waals surface area contributed by atoms with E-state index in [1.54, 1.807) is 0 Å². The molecule has 12 heavy (non-hydrogen) atoms. The van der Waals surface area contributed by atoms with Crippen LogP contribution in [0.5, 0.6) is 0 Å². The molecule has 0 rings (SSSR count). The highest BCUT2D eigenvalue weighted by molar-refractivity contribution is 5.74. The van der Waals surface area contributed by atoms with Gasteiger partial charge in [0.2, 0.25) is 5.91 Å². The van der Waals surface area contributed by atoms with E-state index in [-0.39, 0.29) is 12.8 Å². The van der Waals surface area contributed by atoms with E-state index >= 15 is 0 Å². The number of hydrogen-bond acceptors (Lipinski definition) is 3. The number of carboxylic acid groups (broad SMARTS) is 1. The van der Waals surface area contributed by atoms with Crippen molar-refractivity contribution in [3.8, 4) is 0 Å². The highest BCUT2D eigenvalue weighted by Gasteiger charge is 2.08. The van der Waals surface area contributed by atoms with Gasteiger partial charge in [0.1, 0.15) is 0 Å². The summed E-state index contributed by atoms with van der Waals surface area (Å²) >= 11 is 0. The van der Waals surface area contributed by atoms with Crippen LogP contribution in [0, 0.1) is 0 Å². The Morgan fingerprint density at radius 2 is 2.00 bits per heavy atom. The van der Waals surface area contributed by atoms with Gasteiger partial charge in [0.15, 0.2) is 0 Å². The minimum absolute atomic E-state index is 0.00974. The van der Waals surface area contributed by atoms with E-state index in [9.17, 15) is 9.59 Å². The summed E-state index contributed by atoms with van der Waals surface area (Å²) in [4.78, 5) is 20.3. The molecule has 0 heterocycles. The molecule has 5 heteroatoms. The first-order valence-corrected chi connectivity index (χ1v) is 3.70. The van der Waals surface area contributed by atoms with Gasteiger partial charge in [0.25, 0.3) is 0 Å². The third-order valence-electron chi connectivity index (χ3n) is 1.36. The average Bonchev–Trinajstić information content (AvgIpc) is 1.84. The average molecular weight is 175 g/mol. The standard InChI is InChI=1S/C7H13NO4/c8-6(10)4-5(9)2-1-3-7(11)12/h5,9H,1-4H2,(H2,8,10)(H,11,12). The first kappa shape index (κ1) is 10.9. The summed E-state index contributed by atoms with van der Waals surface area (Å²) in [5.74, 6) is -1.47. The SMILES string of the molecule is NC(=O)CC(O)CCCC(=O)O. The monoisotopic (exact) mass is 175 g/mol. The van der Waals surface area contributed by atoms with Crippen molar-refractivity contribution in [2.75, 3.05) is 0 Å². The fourth-order valence-corrected chi connectivity index (χ4v) is 0.823. The van der Waals surface area contributed by atoms with Crippen molar-refractivity contribution >= 4 is 11.9 Å². The fourth-order valence-electron chi connectivity index (χ4n) is 0.823. The second-order valence-corrected chi connectivity index (χ2v) is 2.61. The van der Waals surface area contributed by atoms with Crippen LogP contribution in [0.3, 0.4) is 0 Å². The molecule has 0 aliphatic rings. The molecule has 1 amide bonds. The molecule has 0 aliphatic heterocycles. The summed E-state index contributed by atoms with van der Waals surface area (Å²) in [6.45, 7) is 0. The summed E-state index contributed by atoms with van der Waals surface area (Å²) in [5.41, 5.74) is 4.81. The Bertz CT molecular complexity index is 169. The van der Waals surface area contributed by atoms with Crippen LogP contribution in [0.1, 0.15) is 25.7 Å². The molecular formula is C7H13NO4. The Labute approximate surface area is 70.2 Å². The lowest BCUT2D eigenvalue weighted by molar-refractivity contribution is -0.137. The predicted octanol–water partition coefficient (Wildman–Crippen LogP) is -0.522. The summed E-state index contributed by atoms with van der Waals surface area (Å²) in [6.07, 6.45) is -0.226. The highest BCUT2D eigenvalue weighted by Crippen LogP contribution is 2.03. The molecule has 0 aromatic rings. The molecule has 0 saturated carbocycles. The van der Waals surface area contributed by atoms with Crippen LogP contribution >= 0.6 is 0 Å². The first-order chi connectivity index (χ1) is 5.52. The van der Waals surface area contributed by atoms with Crippen molar-refractivity contribution < 1.29 is 19.8 Å². The number of nitrogens with two attached hydrogens (primary N) is 1. The largest absolute Gasteiger partial charge is 0.481 e. The van der Waals surface area contributed by atoms with Gasteiger partial charge in [0.05, 0.1) is 12.5 Å². The Morgan fingerprint density at radius 3 is 2.42 bits per heavy atom. The van der Waals surface area contributed by atoms with Gasteiger partial charge in [-0.25, -0.2) is 0 Å². The molecule has 0 spiro atoms. The van der Waals surface area contributed by atoms with Crippen molar-refractivity contribution in [3.05, 3.63) is 0 Å². The molecule has 0 fully saturated rings. The molecule has 0 aromatic carbocycles. The van der Waals surface area contributed by atoms with E-state index in [0.717, 1.165) is 0 Å². The number of amides is 1. The number of carbonyl (C=O) groups is 2. The minimum atomic E-state index is -0.902. The van der Waals surface area contributed by atoms with Crippen LogP contribution in [0.4, 0.5) is 0 Å². The van der Waals surface area contributed by atoms with Gasteiger partial charge in [-0.1, -0.05) is 0 Å². The Hall–Kier alpha value is -1.10. The van der Waals surface area contributed by atoms with Crippen molar-refractivity contribution in [1.29, 1.82) is 0 Å². The molecule has 0 aliphatic carbocycles. The van der Waals surface area contributed by atoms with Crippen LogP contribution in [-0.4, -0.2) is 28.2 Å². The molecule has 4 N–H and O–H groups in total. The van der Waals surface area contributed by atoms with E-state index in [2.05, 4.69) is 0 Å². The summed E-state index contributed by atoms with van der Waals surface area (Å²) < 4.78 is 0. The molecule has 0 aromatic heterocycles. The number of aliphatic hydroxyl groups excluding tert-OH is 1. The Balaban J connectivity index is 3.37. The fraction of sp³-hybridized carbons (Fsp3) is 0.714. The lowest BCUT2D eigenvalue weighted by Gasteiger charge is -2.05. The number of carboxylic acids is 1. The van der Waals surface area contributed by atoms with Crippen LogP contribution < -0.4 is 5.73 Å². The van der Waals surface area contributed by atoms with Crippen LogP contribution in [0.2, 0.25) is 0 Å². The van der Waals surface area contributed by atoms with Gasteiger partial charge in [-0.2, -0.15) is 0 Å². The quantitative estimate of drug-likeness (QED) is 0.505. The van der Waals surface area contributed by atoms with Crippen molar-refractivity contribution in [2.45, 2.75) is 31.8 Å². The Kier molecular flexibility index (Phi) is 5.03. The molecule has 70 valence electrons. The molecule has 0 radical (unpaired) electrons. The second-order valence-electron chi connectivity index (χ2n) is 2.61. The molecule has 1 atom stereocenters. The normalized spacial score (nSPS) is 12.4. The van der Waals surface area contributed by atoms with E-state index in [4.69, 9.17) is 15.9 Å². The summed E-state index contributed by atoms with van der Waals surface area (Å²) in [5, 5.41) is 17.3. The van der Waals surface area contributed by atoms with Crippen LogP contribution in [-0.2, 0) is 9.59 Å². The minimum Gasteiger partial charge on any atom is -0.481 e. The van der Waals surface area contributed by atoms with E-state index in [1.165, 1.54) is 0 Å². The first-order valence-electron chi connectivity index (χ1n) is 3.70. The summed E-state index contributed by atoms with van der Waals surface area (Å²) in [7, 11) is 0. The number of aliphatic hydroxyl groups is 1. The molecule has 1 unspecified atom stereocenters. The lowest BCUT2D eigenvalue weighted by atomic mass is 10.1. The van der Waals surface area contributed by atoms with Gasteiger partial charge < -0.3 is 15.9 Å². The third-order valence-corrected chi connectivity index (χ3v) is 1.36. The third kappa shape index (κ3) is 7.01. The maximum absolute atomic E-state index is 10.3. The summed E-state index contributed by atoms with van der Waals surface area (Å²) in [6, 6.07) is 0. The molecule has 0 saturated heterocycles. The van der Waals surface area contributed by atoms with E-state index < -0.39 is 18.0 Å². The Morgan fingerprint density at radius 1 is 1.42 bits per heavy atom. The second kappa shape index (κ2) is 5.54. The molecule has 0 bridgehead atoms. The van der Waals surface area contributed by atoms with Gasteiger partial charge in [-0.15, -0.1) is 0 Å². The maximum Gasteiger partial charge on any atom is 0.303 e. The van der Waals surface area contributed by atoms with Gasteiger partial charge >= 0.3 is 5.97 Å². The van der Waals surface area contributed by atoms with Crippen molar-refractivity contribution in [1.82, 2.24) is 0 Å². The number of hydrogen-bond donors (Lipinski definition) is 3. The predicted molar refractivity (Wildman–Crippen MR) is 41.3 cm³/mol. The molecular weight excluding hydrogens is 162 g/mol. The lowest BCUT2D eigenvalue weighted by Crippen LogP contribution is -2.19. The van der Waals surface area contributed by atoms with Crippen molar-refractivity contribution in [3.63, 3.8) is 0 Å². The van der Waals surface area contributed by atoms with Crippen LogP contribution in [0.25, 0.3) is 0 Å². The van der Waals surface area contributed by atoms with Gasteiger partial charge in [-0.3, -0.25) is 9.59 Å². The topological polar surface area (TPSA) is 101 Å². The van der Waals surface area contributed by atoms with Crippen LogP contribution in [0.15, 0.2) is 0 Å². The number of primary amides is 1. The maximum atomic E-state index is 10.3. The zero-order valence-corrected chi connectivity index (χ0v) is 6.69.